The first-order chi connectivity index (χ1) is 9.60. The van der Waals surface area contributed by atoms with E-state index in [2.05, 4.69) is 43.5 Å². The molecule has 1 unspecified atom stereocenters. The average molecular weight is 274 g/mol. The number of rotatable bonds is 7. The van der Waals surface area contributed by atoms with Crippen LogP contribution in [0.25, 0.3) is 0 Å². The zero-order valence-electron chi connectivity index (χ0n) is 12.8. The van der Waals surface area contributed by atoms with Gasteiger partial charge in [0.25, 0.3) is 0 Å². The lowest BCUT2D eigenvalue weighted by molar-refractivity contribution is -0.115. The van der Waals surface area contributed by atoms with E-state index in [9.17, 15) is 4.79 Å². The fourth-order valence-electron chi connectivity index (χ4n) is 2.67. The zero-order chi connectivity index (χ0) is 14.5. The molecule has 1 aromatic rings. The van der Waals surface area contributed by atoms with Gasteiger partial charge in [0.1, 0.15) is 0 Å². The summed E-state index contributed by atoms with van der Waals surface area (Å²) in [5, 5.41) is 6.54. The molecule has 110 valence electrons. The van der Waals surface area contributed by atoms with Crippen molar-refractivity contribution in [1.29, 1.82) is 0 Å². The van der Waals surface area contributed by atoms with Crippen LogP contribution in [-0.4, -0.2) is 12.5 Å². The highest BCUT2D eigenvalue weighted by atomic mass is 16.1. The molecule has 1 aliphatic rings. The van der Waals surface area contributed by atoms with E-state index in [1.165, 1.54) is 12.0 Å². The van der Waals surface area contributed by atoms with Crippen molar-refractivity contribution >= 4 is 11.6 Å². The predicted molar refractivity (Wildman–Crippen MR) is 83.9 cm³/mol. The third-order valence-corrected chi connectivity index (χ3v) is 3.83. The Balaban J connectivity index is 2.11. The Morgan fingerprint density at radius 2 is 2.10 bits per heavy atom. The highest BCUT2D eigenvalue weighted by Crippen LogP contribution is 2.28. The summed E-state index contributed by atoms with van der Waals surface area (Å²) >= 11 is 0. The van der Waals surface area contributed by atoms with Crippen LogP contribution in [0.3, 0.4) is 0 Å². The van der Waals surface area contributed by atoms with Crippen LogP contribution >= 0.6 is 0 Å². The van der Waals surface area contributed by atoms with E-state index in [0.29, 0.717) is 12.5 Å². The molecule has 20 heavy (non-hydrogen) atoms. The molecule has 2 rings (SSSR count). The monoisotopic (exact) mass is 274 g/mol. The first-order valence-corrected chi connectivity index (χ1v) is 7.76. The number of anilines is 1. The molecule has 0 saturated carbocycles. The number of nitrogens with one attached hydrogen (secondary N) is 2. The van der Waals surface area contributed by atoms with Gasteiger partial charge in [-0.05, 0) is 48.9 Å². The van der Waals surface area contributed by atoms with E-state index in [1.54, 1.807) is 0 Å². The highest BCUT2D eigenvalue weighted by Gasteiger charge is 2.20. The van der Waals surface area contributed by atoms with Gasteiger partial charge in [0.15, 0.2) is 0 Å². The van der Waals surface area contributed by atoms with Crippen molar-refractivity contribution in [2.24, 2.45) is 5.92 Å². The molecule has 0 fully saturated rings. The highest BCUT2D eigenvalue weighted by molar-refractivity contribution is 5.99. The molecule has 3 nitrogen and oxygen atoms in total. The summed E-state index contributed by atoms with van der Waals surface area (Å²) in [5.74, 6) is 0.830. The maximum atomic E-state index is 11.4. The number of carbonyl (C=O) groups excluding carboxylic acids is 1. The van der Waals surface area contributed by atoms with E-state index in [4.69, 9.17) is 0 Å². The Morgan fingerprint density at radius 1 is 1.30 bits per heavy atom. The fraction of sp³-hybridized carbons (Fsp3) is 0.588. The van der Waals surface area contributed by atoms with Gasteiger partial charge < -0.3 is 10.6 Å². The number of amides is 1. The molecule has 1 aromatic carbocycles. The quantitative estimate of drug-likeness (QED) is 0.796. The van der Waals surface area contributed by atoms with Crippen molar-refractivity contribution in [3.63, 3.8) is 0 Å². The zero-order valence-corrected chi connectivity index (χ0v) is 12.8. The first kappa shape index (κ1) is 15.0. The fourth-order valence-corrected chi connectivity index (χ4v) is 2.67. The van der Waals surface area contributed by atoms with Crippen LogP contribution in [0.4, 0.5) is 5.69 Å². The van der Waals surface area contributed by atoms with Crippen LogP contribution < -0.4 is 10.6 Å². The Labute approximate surface area is 122 Å². The smallest absolute Gasteiger partial charge is 0.228 e. The van der Waals surface area contributed by atoms with E-state index in [0.717, 1.165) is 36.6 Å². The van der Waals surface area contributed by atoms with E-state index in [1.807, 2.05) is 6.07 Å². The maximum absolute atomic E-state index is 11.4. The minimum Gasteiger partial charge on any atom is -0.326 e. The number of fused-ring (bicyclic) bond motifs is 1. The van der Waals surface area contributed by atoms with Gasteiger partial charge in [0, 0.05) is 11.7 Å². The number of carbonyl (C=O) groups is 1. The first-order valence-electron chi connectivity index (χ1n) is 7.76. The lowest BCUT2D eigenvalue weighted by Gasteiger charge is -2.20. The van der Waals surface area contributed by atoms with Gasteiger partial charge in [-0.15, -0.1) is 0 Å². The van der Waals surface area contributed by atoms with Gasteiger partial charge in [-0.1, -0.05) is 32.9 Å². The molecule has 0 radical (unpaired) electrons. The molecule has 0 spiro atoms. The molecule has 0 aromatic heterocycles. The summed E-state index contributed by atoms with van der Waals surface area (Å²) in [7, 11) is 0. The molecule has 2 N–H and O–H groups in total. The standard InChI is InChI=1S/C17H26N2O/c1-4-9-18-15(7-5-12(2)3)13-6-8-16-14(10-13)11-17(20)19-16/h6,8,10,12,15,18H,4-5,7,9,11H2,1-3H3,(H,19,20). The van der Waals surface area contributed by atoms with Crippen LogP contribution in [0.1, 0.15) is 57.2 Å². The summed E-state index contributed by atoms with van der Waals surface area (Å²) in [5.41, 5.74) is 3.44. The summed E-state index contributed by atoms with van der Waals surface area (Å²) in [4.78, 5) is 11.4. The minimum absolute atomic E-state index is 0.109. The summed E-state index contributed by atoms with van der Waals surface area (Å²) in [6.45, 7) is 7.76. The van der Waals surface area contributed by atoms with Crippen LogP contribution in [0.2, 0.25) is 0 Å². The van der Waals surface area contributed by atoms with Crippen LogP contribution in [0.5, 0.6) is 0 Å². The van der Waals surface area contributed by atoms with E-state index < -0.39 is 0 Å². The van der Waals surface area contributed by atoms with Crippen molar-refractivity contribution in [2.45, 2.75) is 52.5 Å². The second kappa shape index (κ2) is 6.89. The van der Waals surface area contributed by atoms with E-state index >= 15 is 0 Å². The molecule has 1 amide bonds. The number of hydrogen-bond donors (Lipinski definition) is 2. The second-order valence-corrected chi connectivity index (χ2v) is 6.12. The average Bonchev–Trinajstić information content (AvgIpc) is 2.77. The van der Waals surface area contributed by atoms with Gasteiger partial charge in [-0.3, -0.25) is 4.79 Å². The molecule has 0 aliphatic carbocycles. The van der Waals surface area contributed by atoms with Crippen molar-refractivity contribution in [2.75, 3.05) is 11.9 Å². The van der Waals surface area contributed by atoms with Crippen LogP contribution in [0, 0.1) is 5.92 Å². The third-order valence-electron chi connectivity index (χ3n) is 3.83. The van der Waals surface area contributed by atoms with Gasteiger partial charge in [0.05, 0.1) is 6.42 Å². The molecule has 1 atom stereocenters. The van der Waals surface area contributed by atoms with Crippen molar-refractivity contribution in [3.05, 3.63) is 29.3 Å². The van der Waals surface area contributed by atoms with Crippen LogP contribution in [-0.2, 0) is 11.2 Å². The molecule has 0 saturated heterocycles. The van der Waals surface area contributed by atoms with Crippen LogP contribution in [0.15, 0.2) is 18.2 Å². The molecule has 0 bridgehead atoms. The van der Waals surface area contributed by atoms with Gasteiger partial charge >= 0.3 is 0 Å². The topological polar surface area (TPSA) is 41.1 Å². The Kier molecular flexibility index (Phi) is 5.18. The Hall–Kier alpha value is -1.35. The maximum Gasteiger partial charge on any atom is 0.228 e. The largest absolute Gasteiger partial charge is 0.326 e. The predicted octanol–water partition coefficient (Wildman–Crippen LogP) is 3.66. The third kappa shape index (κ3) is 3.83. The van der Waals surface area contributed by atoms with Crippen molar-refractivity contribution < 1.29 is 4.79 Å². The molecular weight excluding hydrogens is 248 g/mol. The Morgan fingerprint density at radius 3 is 2.80 bits per heavy atom. The van der Waals surface area contributed by atoms with Gasteiger partial charge in [0.2, 0.25) is 5.91 Å². The molecule has 1 heterocycles. The summed E-state index contributed by atoms with van der Waals surface area (Å²) in [6, 6.07) is 6.79. The SMILES string of the molecule is CCCNC(CCC(C)C)c1ccc2c(c1)CC(=O)N2. The number of benzene rings is 1. The van der Waals surface area contributed by atoms with Crippen molar-refractivity contribution in [1.82, 2.24) is 5.32 Å². The molecular formula is C17H26N2O. The van der Waals surface area contributed by atoms with Crippen molar-refractivity contribution in [3.8, 4) is 0 Å². The minimum atomic E-state index is 0.109. The summed E-state index contributed by atoms with van der Waals surface area (Å²) in [6.07, 6.45) is 4.03. The van der Waals surface area contributed by atoms with E-state index in [-0.39, 0.29) is 5.91 Å². The normalized spacial score (nSPS) is 15.3. The Bertz CT molecular complexity index is 468. The molecule has 1 aliphatic heterocycles. The van der Waals surface area contributed by atoms with Gasteiger partial charge in [-0.2, -0.15) is 0 Å². The van der Waals surface area contributed by atoms with Gasteiger partial charge in [-0.25, -0.2) is 0 Å². The molecule has 3 heteroatoms. The lowest BCUT2D eigenvalue weighted by Crippen LogP contribution is -2.22. The summed E-state index contributed by atoms with van der Waals surface area (Å²) < 4.78 is 0. The number of hydrogen-bond acceptors (Lipinski definition) is 2. The lowest BCUT2D eigenvalue weighted by atomic mass is 9.95. The second-order valence-electron chi connectivity index (χ2n) is 6.12.